The van der Waals surface area contributed by atoms with Crippen LogP contribution in [-0.2, 0) is 4.74 Å². The van der Waals surface area contributed by atoms with Gasteiger partial charge in [-0.05, 0) is 32.1 Å². The number of nitrogens with zero attached hydrogens (tertiary/aromatic N) is 2. The number of nitrogens with one attached hydrogen (secondary N) is 2. The van der Waals surface area contributed by atoms with E-state index >= 15 is 0 Å². The predicted octanol–water partition coefficient (Wildman–Crippen LogP) is 2.66. The van der Waals surface area contributed by atoms with E-state index in [9.17, 15) is 9.59 Å². The Morgan fingerprint density at radius 3 is 2.93 bits per heavy atom. The van der Waals surface area contributed by atoms with Crippen LogP contribution in [-0.4, -0.2) is 59.9 Å². The molecule has 3 amide bonds. The minimum atomic E-state index is -0.230. The van der Waals surface area contributed by atoms with Gasteiger partial charge in [-0.2, -0.15) is 0 Å². The molecule has 1 spiro atoms. The Morgan fingerprint density at radius 1 is 1.27 bits per heavy atom. The third-order valence-corrected chi connectivity index (χ3v) is 7.37. The second-order valence-electron chi connectivity index (χ2n) is 9.45. The minimum absolute atomic E-state index is 0.0129. The molecule has 164 valence electrons. The van der Waals surface area contributed by atoms with Gasteiger partial charge in [0.25, 0.3) is 5.91 Å². The number of likely N-dealkylation sites (tertiary alicyclic amines) is 1. The van der Waals surface area contributed by atoms with Gasteiger partial charge < -0.3 is 24.8 Å². The van der Waals surface area contributed by atoms with Crippen LogP contribution in [0.25, 0.3) is 0 Å². The van der Waals surface area contributed by atoms with Crippen LogP contribution in [0, 0.1) is 11.8 Å². The van der Waals surface area contributed by atoms with Crippen molar-refractivity contribution in [1.82, 2.24) is 20.7 Å². The first-order valence-corrected chi connectivity index (χ1v) is 11.5. The van der Waals surface area contributed by atoms with Gasteiger partial charge in [0.15, 0.2) is 0 Å². The van der Waals surface area contributed by atoms with Crippen molar-refractivity contribution in [3.8, 4) is 0 Å². The second-order valence-corrected chi connectivity index (χ2v) is 9.45. The average Bonchev–Trinajstić information content (AvgIpc) is 3.10. The number of carbonyl (C=O) groups is 2. The van der Waals surface area contributed by atoms with Crippen molar-refractivity contribution in [2.45, 2.75) is 69.5 Å². The number of urea groups is 1. The number of rotatable bonds is 8. The monoisotopic (exact) mass is 416 g/mol. The van der Waals surface area contributed by atoms with Crippen molar-refractivity contribution in [2.75, 3.05) is 26.2 Å². The third-order valence-electron chi connectivity index (χ3n) is 7.37. The van der Waals surface area contributed by atoms with Gasteiger partial charge in [0.1, 0.15) is 0 Å². The molecule has 8 heteroatoms. The number of aromatic nitrogens is 1. The Hall–Kier alpha value is -2.09. The number of carbonyl (C=O) groups excluding carboxylic acids is 2. The number of fused-ring (bicyclic) bond motifs is 1. The number of hydrogen-bond donors (Lipinski definition) is 2. The quantitative estimate of drug-likeness (QED) is 0.635. The van der Waals surface area contributed by atoms with E-state index < -0.39 is 0 Å². The maximum Gasteiger partial charge on any atom is 0.317 e. The Bertz CT molecular complexity index is 807. The minimum Gasteiger partial charge on any atom is -0.369 e. The van der Waals surface area contributed by atoms with Crippen LogP contribution in [0.2, 0.25) is 0 Å². The van der Waals surface area contributed by atoms with Gasteiger partial charge in [-0.1, -0.05) is 24.9 Å². The molecule has 1 saturated carbocycles. The second kappa shape index (κ2) is 7.87. The van der Waals surface area contributed by atoms with E-state index in [-0.39, 0.29) is 41.2 Å². The highest BCUT2D eigenvalue weighted by Crippen LogP contribution is 2.54. The zero-order valence-electron chi connectivity index (χ0n) is 17.7. The fraction of sp³-hybridized carbons (Fsp3) is 0.773. The van der Waals surface area contributed by atoms with Crippen molar-refractivity contribution >= 4 is 11.9 Å². The topological polar surface area (TPSA) is 96.7 Å². The summed E-state index contributed by atoms with van der Waals surface area (Å²) in [7, 11) is 0. The molecule has 1 aromatic rings. The summed E-state index contributed by atoms with van der Waals surface area (Å²) in [6.45, 7) is 4.78. The van der Waals surface area contributed by atoms with Crippen LogP contribution < -0.4 is 10.6 Å². The molecule has 0 radical (unpaired) electrons. The lowest BCUT2D eigenvalue weighted by Crippen LogP contribution is -2.41. The molecule has 5 rings (SSSR count). The molecule has 1 aliphatic carbocycles. The van der Waals surface area contributed by atoms with Gasteiger partial charge in [-0.15, -0.1) is 0 Å². The molecule has 4 heterocycles. The number of ether oxygens (including phenoxy) is 1. The summed E-state index contributed by atoms with van der Waals surface area (Å²) in [5.41, 5.74) is 0.658. The van der Waals surface area contributed by atoms with E-state index in [2.05, 4.69) is 22.7 Å². The fourth-order valence-corrected chi connectivity index (χ4v) is 5.57. The number of hydrogen-bond acceptors (Lipinski definition) is 5. The van der Waals surface area contributed by atoms with Crippen LogP contribution in [0.5, 0.6) is 0 Å². The maximum absolute atomic E-state index is 12.6. The van der Waals surface area contributed by atoms with E-state index in [4.69, 9.17) is 9.26 Å². The highest BCUT2D eigenvalue weighted by atomic mass is 16.5. The third kappa shape index (κ3) is 3.59. The summed E-state index contributed by atoms with van der Waals surface area (Å²) in [6.07, 6.45) is 7.71. The summed E-state index contributed by atoms with van der Waals surface area (Å²) in [4.78, 5) is 27.0. The van der Waals surface area contributed by atoms with E-state index in [1.165, 1.54) is 0 Å². The Balaban J connectivity index is 1.16. The van der Waals surface area contributed by atoms with Crippen molar-refractivity contribution in [3.05, 3.63) is 17.5 Å². The fourth-order valence-electron chi connectivity index (χ4n) is 5.57. The van der Waals surface area contributed by atoms with Crippen molar-refractivity contribution in [1.29, 1.82) is 0 Å². The summed E-state index contributed by atoms with van der Waals surface area (Å²) in [5.74, 6) is 1.04. The lowest BCUT2D eigenvalue weighted by atomic mass is 9.73. The van der Waals surface area contributed by atoms with Crippen LogP contribution in [0.1, 0.15) is 74.0 Å². The van der Waals surface area contributed by atoms with E-state index in [1.54, 1.807) is 6.07 Å². The van der Waals surface area contributed by atoms with Crippen LogP contribution in [0.4, 0.5) is 4.79 Å². The molecule has 1 aromatic heterocycles. The van der Waals surface area contributed by atoms with Gasteiger partial charge in [-0.25, -0.2) is 4.79 Å². The van der Waals surface area contributed by atoms with Gasteiger partial charge in [0.2, 0.25) is 5.76 Å². The molecule has 4 atom stereocenters. The first-order valence-electron chi connectivity index (χ1n) is 11.5. The predicted molar refractivity (Wildman–Crippen MR) is 109 cm³/mol. The van der Waals surface area contributed by atoms with Crippen LogP contribution in [0.3, 0.4) is 0 Å². The van der Waals surface area contributed by atoms with E-state index in [0.29, 0.717) is 25.6 Å². The molecule has 0 unspecified atom stereocenters. The molecular weight excluding hydrogens is 384 g/mol. The molecule has 4 fully saturated rings. The van der Waals surface area contributed by atoms with Crippen LogP contribution in [0.15, 0.2) is 10.6 Å². The maximum atomic E-state index is 12.6. The van der Waals surface area contributed by atoms with E-state index in [0.717, 1.165) is 57.2 Å². The zero-order chi connectivity index (χ0) is 20.7. The Morgan fingerprint density at radius 2 is 2.13 bits per heavy atom. The molecule has 0 aromatic carbocycles. The summed E-state index contributed by atoms with van der Waals surface area (Å²) < 4.78 is 11.6. The summed E-state index contributed by atoms with van der Waals surface area (Å²) in [6, 6.07) is 1.78. The number of unbranched alkanes of at least 4 members (excludes halogenated alkanes) is 2. The summed E-state index contributed by atoms with van der Waals surface area (Å²) in [5, 5.41) is 10.1. The first kappa shape index (κ1) is 19.8. The standard InChI is InChI=1S/C22H32N4O4/c1-2-3-4-9-23-21(28)26-12-16-15(18-7-8-22(16,13-26)29-18)11-24-20(27)19-10-17(25-30-19)14-5-6-14/h10,14-16,18H,2-9,11-13H2,1H3,(H,23,28)(H,24,27)/t15-,16+,18+,22+/m0/s1. The molecule has 2 N–H and O–H groups in total. The van der Waals surface area contributed by atoms with Gasteiger partial charge in [0, 0.05) is 43.5 Å². The van der Waals surface area contributed by atoms with Crippen molar-refractivity contribution < 1.29 is 18.8 Å². The highest BCUT2D eigenvalue weighted by molar-refractivity contribution is 5.91. The lowest BCUT2D eigenvalue weighted by Gasteiger charge is -2.29. The largest absolute Gasteiger partial charge is 0.369 e. The number of amides is 3. The molecule has 30 heavy (non-hydrogen) atoms. The Kier molecular flexibility index (Phi) is 5.21. The normalized spacial score (nSPS) is 31.8. The van der Waals surface area contributed by atoms with Gasteiger partial charge >= 0.3 is 6.03 Å². The zero-order valence-corrected chi connectivity index (χ0v) is 17.7. The molecule has 2 bridgehead atoms. The van der Waals surface area contributed by atoms with Gasteiger partial charge in [-0.3, -0.25) is 4.79 Å². The molecule has 8 nitrogen and oxygen atoms in total. The molecule has 4 aliphatic rings. The molecule has 3 aliphatic heterocycles. The van der Waals surface area contributed by atoms with Crippen molar-refractivity contribution in [2.24, 2.45) is 11.8 Å². The van der Waals surface area contributed by atoms with Crippen LogP contribution >= 0.6 is 0 Å². The lowest BCUT2D eigenvalue weighted by molar-refractivity contribution is 0.00553. The molecular formula is C22H32N4O4. The smallest absolute Gasteiger partial charge is 0.317 e. The first-order chi connectivity index (χ1) is 14.6. The Labute approximate surface area is 177 Å². The SMILES string of the molecule is CCCCCNC(=O)N1C[C@@H]2[C@H](CNC(=O)c3cc(C4CC4)no3)[C@H]3CC[C@]2(C1)O3. The van der Waals surface area contributed by atoms with Gasteiger partial charge in [0.05, 0.1) is 23.9 Å². The van der Waals surface area contributed by atoms with Crippen molar-refractivity contribution in [3.63, 3.8) is 0 Å². The molecule has 3 saturated heterocycles. The average molecular weight is 417 g/mol. The highest BCUT2D eigenvalue weighted by Gasteiger charge is 2.63. The van der Waals surface area contributed by atoms with E-state index in [1.807, 2.05) is 4.90 Å². The summed E-state index contributed by atoms with van der Waals surface area (Å²) >= 11 is 0.